The Morgan fingerprint density at radius 2 is 2.07 bits per heavy atom. The highest BCUT2D eigenvalue weighted by molar-refractivity contribution is 5.93. The van der Waals surface area contributed by atoms with Crippen LogP contribution in [0.5, 0.6) is 0 Å². The molecule has 2 N–H and O–H groups in total. The second kappa shape index (κ2) is 4.00. The average molecular weight is 207 g/mol. The predicted molar refractivity (Wildman–Crippen MR) is 54.0 cm³/mol. The van der Waals surface area contributed by atoms with Crippen molar-refractivity contribution in [3.8, 4) is 0 Å². The molecule has 0 spiro atoms. The lowest BCUT2D eigenvalue weighted by molar-refractivity contribution is -0.0566. The van der Waals surface area contributed by atoms with E-state index in [1.165, 1.54) is 0 Å². The minimum atomic E-state index is -0.523. The lowest BCUT2D eigenvalue weighted by Gasteiger charge is -2.13. The molecule has 1 aromatic rings. The molecule has 1 amide bonds. The highest BCUT2D eigenvalue weighted by Gasteiger charge is 2.45. The minimum Gasteiger partial charge on any atom is -0.393 e. The SMILES string of the molecule is O=C(NOC1(CO)CC1)c1ccccc1. The molecule has 2 rings (SSSR count). The fraction of sp³-hybridized carbons (Fsp3) is 0.364. The lowest BCUT2D eigenvalue weighted by atomic mass is 10.2. The standard InChI is InChI=1S/C11H13NO3/c13-8-11(6-7-11)15-12-10(14)9-4-2-1-3-5-9/h1-5,13H,6-8H2,(H,12,14). The first-order chi connectivity index (χ1) is 7.26. The van der Waals surface area contributed by atoms with Crippen LogP contribution >= 0.6 is 0 Å². The van der Waals surface area contributed by atoms with Gasteiger partial charge in [0.15, 0.2) is 0 Å². The first-order valence-electron chi connectivity index (χ1n) is 4.90. The molecule has 0 heterocycles. The van der Waals surface area contributed by atoms with Gasteiger partial charge in [0.05, 0.1) is 6.61 Å². The molecular formula is C11H13NO3. The average Bonchev–Trinajstić information content (AvgIpc) is 3.08. The van der Waals surface area contributed by atoms with E-state index in [4.69, 9.17) is 9.94 Å². The molecule has 0 aliphatic heterocycles. The number of hydrogen-bond donors (Lipinski definition) is 2. The van der Waals surface area contributed by atoms with Crippen LogP contribution in [-0.4, -0.2) is 23.2 Å². The number of nitrogens with one attached hydrogen (secondary N) is 1. The van der Waals surface area contributed by atoms with Gasteiger partial charge in [-0.3, -0.25) is 9.63 Å². The van der Waals surface area contributed by atoms with Gasteiger partial charge in [-0.05, 0) is 25.0 Å². The van der Waals surface area contributed by atoms with Crippen LogP contribution in [0.3, 0.4) is 0 Å². The van der Waals surface area contributed by atoms with E-state index in [-0.39, 0.29) is 12.5 Å². The van der Waals surface area contributed by atoms with Crippen LogP contribution in [0.15, 0.2) is 30.3 Å². The number of hydrogen-bond acceptors (Lipinski definition) is 3. The summed E-state index contributed by atoms with van der Waals surface area (Å²) in [6.45, 7) is -0.0535. The smallest absolute Gasteiger partial charge is 0.274 e. The summed E-state index contributed by atoms with van der Waals surface area (Å²) in [4.78, 5) is 16.7. The van der Waals surface area contributed by atoms with Gasteiger partial charge in [0.25, 0.3) is 5.91 Å². The van der Waals surface area contributed by atoms with Crippen molar-refractivity contribution < 1.29 is 14.7 Å². The molecule has 0 aromatic heterocycles. The van der Waals surface area contributed by atoms with Crippen molar-refractivity contribution in [2.75, 3.05) is 6.61 Å². The molecule has 0 unspecified atom stereocenters. The van der Waals surface area contributed by atoms with Crippen molar-refractivity contribution in [3.05, 3.63) is 35.9 Å². The Balaban J connectivity index is 1.88. The van der Waals surface area contributed by atoms with Crippen LogP contribution in [0.1, 0.15) is 23.2 Å². The number of aliphatic hydroxyl groups is 1. The zero-order valence-electron chi connectivity index (χ0n) is 8.27. The van der Waals surface area contributed by atoms with Gasteiger partial charge in [-0.15, -0.1) is 0 Å². The van der Waals surface area contributed by atoms with Gasteiger partial charge in [-0.2, -0.15) is 0 Å². The molecule has 0 radical (unpaired) electrons. The van der Waals surface area contributed by atoms with Crippen LogP contribution in [0.2, 0.25) is 0 Å². The Morgan fingerprint density at radius 3 is 2.60 bits per heavy atom. The molecule has 1 aliphatic carbocycles. The Labute approximate surface area is 87.8 Å². The predicted octanol–water partition coefficient (Wildman–Crippen LogP) is 0.873. The van der Waals surface area contributed by atoms with Crippen molar-refractivity contribution in [1.82, 2.24) is 5.48 Å². The van der Waals surface area contributed by atoms with Crippen LogP contribution < -0.4 is 5.48 Å². The third-order valence-electron chi connectivity index (χ3n) is 2.49. The molecule has 15 heavy (non-hydrogen) atoms. The van der Waals surface area contributed by atoms with E-state index in [1.807, 2.05) is 6.07 Å². The monoisotopic (exact) mass is 207 g/mol. The van der Waals surface area contributed by atoms with Gasteiger partial charge in [0.2, 0.25) is 0 Å². The number of carbonyl (C=O) groups excluding carboxylic acids is 1. The van der Waals surface area contributed by atoms with Crippen molar-refractivity contribution in [2.45, 2.75) is 18.4 Å². The molecule has 0 atom stereocenters. The molecule has 4 heteroatoms. The summed E-state index contributed by atoms with van der Waals surface area (Å²) < 4.78 is 0. The first kappa shape index (κ1) is 10.1. The van der Waals surface area contributed by atoms with Gasteiger partial charge in [0, 0.05) is 5.56 Å². The highest BCUT2D eigenvalue weighted by atomic mass is 16.7. The van der Waals surface area contributed by atoms with Crippen molar-refractivity contribution in [3.63, 3.8) is 0 Å². The molecule has 1 saturated carbocycles. The van der Waals surface area contributed by atoms with Gasteiger partial charge in [-0.25, -0.2) is 5.48 Å². The summed E-state index contributed by atoms with van der Waals surface area (Å²) in [5.41, 5.74) is 2.38. The maximum Gasteiger partial charge on any atom is 0.274 e. The molecule has 1 fully saturated rings. The summed E-state index contributed by atoms with van der Waals surface area (Å²) in [5, 5.41) is 8.96. The molecule has 0 bridgehead atoms. The number of amides is 1. The summed E-state index contributed by atoms with van der Waals surface area (Å²) in [5.74, 6) is -0.282. The second-order valence-electron chi connectivity index (χ2n) is 3.74. The molecule has 0 saturated heterocycles. The molecule has 80 valence electrons. The summed E-state index contributed by atoms with van der Waals surface area (Å²) in [7, 11) is 0. The lowest BCUT2D eigenvalue weighted by Crippen LogP contribution is -2.32. The van der Waals surface area contributed by atoms with E-state index in [9.17, 15) is 4.79 Å². The third-order valence-corrected chi connectivity index (χ3v) is 2.49. The van der Waals surface area contributed by atoms with Crippen LogP contribution in [-0.2, 0) is 4.84 Å². The molecule has 4 nitrogen and oxygen atoms in total. The van der Waals surface area contributed by atoms with Crippen LogP contribution in [0, 0.1) is 0 Å². The van der Waals surface area contributed by atoms with Crippen molar-refractivity contribution >= 4 is 5.91 Å². The Kier molecular flexibility index (Phi) is 2.70. The Morgan fingerprint density at radius 1 is 1.40 bits per heavy atom. The summed E-state index contributed by atoms with van der Waals surface area (Å²) >= 11 is 0. The van der Waals surface area contributed by atoms with E-state index in [1.54, 1.807) is 24.3 Å². The second-order valence-corrected chi connectivity index (χ2v) is 3.74. The summed E-state index contributed by atoms with van der Waals surface area (Å²) in [6.07, 6.45) is 1.58. The van der Waals surface area contributed by atoms with Crippen molar-refractivity contribution in [2.24, 2.45) is 0 Å². The van der Waals surface area contributed by atoms with E-state index < -0.39 is 5.60 Å². The molecular weight excluding hydrogens is 194 g/mol. The van der Waals surface area contributed by atoms with E-state index >= 15 is 0 Å². The fourth-order valence-corrected chi connectivity index (χ4v) is 1.23. The largest absolute Gasteiger partial charge is 0.393 e. The number of hydroxylamine groups is 1. The summed E-state index contributed by atoms with van der Waals surface area (Å²) in [6, 6.07) is 8.82. The minimum absolute atomic E-state index is 0.0535. The quantitative estimate of drug-likeness (QED) is 0.720. The van der Waals surface area contributed by atoms with Crippen molar-refractivity contribution in [1.29, 1.82) is 0 Å². The first-order valence-corrected chi connectivity index (χ1v) is 4.90. The topological polar surface area (TPSA) is 58.6 Å². The maximum atomic E-state index is 11.5. The number of rotatable bonds is 4. The van der Waals surface area contributed by atoms with E-state index in [0.717, 1.165) is 12.8 Å². The normalized spacial score (nSPS) is 17.1. The highest BCUT2D eigenvalue weighted by Crippen LogP contribution is 2.37. The van der Waals surface area contributed by atoms with E-state index in [2.05, 4.69) is 5.48 Å². The van der Waals surface area contributed by atoms with E-state index in [0.29, 0.717) is 5.56 Å². The maximum absolute atomic E-state index is 11.5. The molecule has 1 aromatic carbocycles. The zero-order valence-corrected chi connectivity index (χ0v) is 8.27. The van der Waals surface area contributed by atoms with Crippen LogP contribution in [0.4, 0.5) is 0 Å². The number of benzene rings is 1. The Hall–Kier alpha value is -1.39. The van der Waals surface area contributed by atoms with Gasteiger partial charge >= 0.3 is 0 Å². The zero-order chi connectivity index (χ0) is 10.7. The number of carbonyl (C=O) groups is 1. The van der Waals surface area contributed by atoms with Gasteiger partial charge in [-0.1, -0.05) is 18.2 Å². The van der Waals surface area contributed by atoms with Gasteiger partial charge in [0.1, 0.15) is 5.60 Å². The number of aliphatic hydroxyl groups excluding tert-OH is 1. The third kappa shape index (κ3) is 2.34. The fourth-order valence-electron chi connectivity index (χ4n) is 1.23. The molecule has 1 aliphatic rings. The Bertz CT molecular complexity index is 346. The van der Waals surface area contributed by atoms with Gasteiger partial charge < -0.3 is 5.11 Å². The van der Waals surface area contributed by atoms with Crippen LogP contribution in [0.25, 0.3) is 0 Å².